The van der Waals surface area contributed by atoms with Crippen LogP contribution in [0.1, 0.15) is 27.0 Å². The van der Waals surface area contributed by atoms with Crippen molar-refractivity contribution in [2.75, 3.05) is 47.5 Å². The number of amides is 2. The third kappa shape index (κ3) is 7.78. The van der Waals surface area contributed by atoms with Crippen LogP contribution in [0.15, 0.2) is 78.9 Å². The number of hydrogen-bond acceptors (Lipinski definition) is 6. The van der Waals surface area contributed by atoms with E-state index >= 15 is 0 Å². The second-order valence-corrected chi connectivity index (χ2v) is 11.5. The first-order valence-corrected chi connectivity index (χ1v) is 15.4. The van der Waals surface area contributed by atoms with Gasteiger partial charge in [-0.3, -0.25) is 14.5 Å². The van der Waals surface area contributed by atoms with E-state index in [4.69, 9.17) is 25.8 Å². The average Bonchev–Trinajstić information content (AvgIpc) is 3.07. The standard InChI is InChI=1S/C36H37ClFN3O5/c1-44-32-18-25(19-33(45-2)35(32)46-3)20-34(42)39-22-24-8-10-26(11-9-24)36(43)41-16-14-40(15-17-41)23-27-6-4-5-7-29(27)30-13-12-28(37)21-31(30)38/h4-13,18-19,21H,14-17,20,22-23H2,1-3H3,(H,39,42). The van der Waals surface area contributed by atoms with Gasteiger partial charge < -0.3 is 24.4 Å². The molecule has 0 bridgehead atoms. The van der Waals surface area contributed by atoms with Crippen molar-refractivity contribution in [1.29, 1.82) is 0 Å². The molecule has 1 aliphatic rings. The summed E-state index contributed by atoms with van der Waals surface area (Å²) in [7, 11) is 4.59. The molecule has 0 radical (unpaired) electrons. The van der Waals surface area contributed by atoms with Gasteiger partial charge in [-0.15, -0.1) is 0 Å². The summed E-state index contributed by atoms with van der Waals surface area (Å²) in [5.41, 5.74) is 4.60. The van der Waals surface area contributed by atoms with Crippen LogP contribution in [0.25, 0.3) is 11.1 Å². The lowest BCUT2D eigenvalue weighted by atomic mass is 9.98. The summed E-state index contributed by atoms with van der Waals surface area (Å²) in [5, 5.41) is 3.29. The van der Waals surface area contributed by atoms with Gasteiger partial charge in [0.15, 0.2) is 11.5 Å². The fourth-order valence-electron chi connectivity index (χ4n) is 5.61. The molecule has 1 fully saturated rings. The summed E-state index contributed by atoms with van der Waals surface area (Å²) in [6.07, 6.45) is 0.142. The molecule has 1 heterocycles. The topological polar surface area (TPSA) is 80.3 Å². The molecule has 0 saturated carbocycles. The van der Waals surface area contributed by atoms with E-state index in [9.17, 15) is 14.0 Å². The highest BCUT2D eigenvalue weighted by atomic mass is 35.5. The van der Waals surface area contributed by atoms with Crippen LogP contribution in [0.4, 0.5) is 4.39 Å². The maximum atomic E-state index is 14.7. The first kappa shape index (κ1) is 32.8. The van der Waals surface area contributed by atoms with Gasteiger partial charge in [0.1, 0.15) is 5.82 Å². The van der Waals surface area contributed by atoms with Crippen molar-refractivity contribution < 1.29 is 28.2 Å². The number of nitrogens with one attached hydrogen (secondary N) is 1. The normalized spacial score (nSPS) is 13.3. The van der Waals surface area contributed by atoms with Crippen molar-refractivity contribution >= 4 is 23.4 Å². The first-order valence-electron chi connectivity index (χ1n) is 15.0. The Morgan fingerprint density at radius 2 is 1.48 bits per heavy atom. The number of halogens is 2. The van der Waals surface area contributed by atoms with Crippen molar-refractivity contribution in [1.82, 2.24) is 15.1 Å². The minimum Gasteiger partial charge on any atom is -0.493 e. The SMILES string of the molecule is COc1cc(CC(=O)NCc2ccc(C(=O)N3CCN(Cc4ccccc4-c4ccc(Cl)cc4F)CC3)cc2)cc(OC)c1OC. The molecule has 4 aromatic rings. The van der Waals surface area contributed by atoms with E-state index in [0.29, 0.717) is 72.7 Å². The summed E-state index contributed by atoms with van der Waals surface area (Å²) >= 11 is 5.96. The van der Waals surface area contributed by atoms with Crippen molar-refractivity contribution in [2.45, 2.75) is 19.5 Å². The predicted molar refractivity (Wildman–Crippen MR) is 176 cm³/mol. The number of carbonyl (C=O) groups is 2. The summed E-state index contributed by atoms with van der Waals surface area (Å²) in [6.45, 7) is 3.58. The van der Waals surface area contributed by atoms with E-state index in [1.165, 1.54) is 27.4 Å². The van der Waals surface area contributed by atoms with Gasteiger partial charge in [0.05, 0.1) is 27.8 Å². The van der Waals surface area contributed by atoms with Gasteiger partial charge in [-0.25, -0.2) is 4.39 Å². The molecule has 8 nitrogen and oxygen atoms in total. The highest BCUT2D eigenvalue weighted by Gasteiger charge is 2.23. The minimum absolute atomic E-state index is 0.0266. The molecule has 4 aromatic carbocycles. The Labute approximate surface area is 273 Å². The Balaban J connectivity index is 1.12. The van der Waals surface area contributed by atoms with Gasteiger partial charge in [0.25, 0.3) is 5.91 Å². The maximum Gasteiger partial charge on any atom is 0.253 e. The van der Waals surface area contributed by atoms with E-state index in [-0.39, 0.29) is 24.1 Å². The van der Waals surface area contributed by atoms with Crippen LogP contribution < -0.4 is 19.5 Å². The van der Waals surface area contributed by atoms with Gasteiger partial charge in [0, 0.05) is 55.4 Å². The Kier molecular flexibility index (Phi) is 10.8. The van der Waals surface area contributed by atoms with Gasteiger partial charge in [-0.2, -0.15) is 0 Å². The lowest BCUT2D eigenvalue weighted by Crippen LogP contribution is -2.48. The van der Waals surface area contributed by atoms with Crippen LogP contribution in [0, 0.1) is 5.82 Å². The highest BCUT2D eigenvalue weighted by Crippen LogP contribution is 2.38. The zero-order valence-corrected chi connectivity index (χ0v) is 26.9. The number of piperazine rings is 1. The number of carbonyl (C=O) groups excluding carboxylic acids is 2. The fraction of sp³-hybridized carbons (Fsp3) is 0.278. The Bertz CT molecular complexity index is 1660. The molecule has 0 spiro atoms. The second-order valence-electron chi connectivity index (χ2n) is 11.0. The van der Waals surface area contributed by atoms with Crippen LogP contribution in [0.2, 0.25) is 5.02 Å². The quantitative estimate of drug-likeness (QED) is 0.216. The average molecular weight is 646 g/mol. The smallest absolute Gasteiger partial charge is 0.253 e. The lowest BCUT2D eigenvalue weighted by molar-refractivity contribution is -0.120. The molecule has 0 atom stereocenters. The van der Waals surface area contributed by atoms with Gasteiger partial charge in [-0.1, -0.05) is 48.0 Å². The number of benzene rings is 4. The van der Waals surface area contributed by atoms with Crippen LogP contribution in [0.5, 0.6) is 17.2 Å². The summed E-state index contributed by atoms with van der Waals surface area (Å²) in [4.78, 5) is 30.1. The van der Waals surface area contributed by atoms with Crippen molar-refractivity contribution in [2.24, 2.45) is 0 Å². The molecule has 0 aromatic heterocycles. The molecule has 1 saturated heterocycles. The van der Waals surface area contributed by atoms with Crippen LogP contribution in [0.3, 0.4) is 0 Å². The lowest BCUT2D eigenvalue weighted by Gasteiger charge is -2.35. The zero-order valence-electron chi connectivity index (χ0n) is 26.1. The highest BCUT2D eigenvalue weighted by molar-refractivity contribution is 6.30. The Morgan fingerprint density at radius 3 is 2.11 bits per heavy atom. The monoisotopic (exact) mass is 645 g/mol. The second kappa shape index (κ2) is 15.1. The molecule has 240 valence electrons. The predicted octanol–water partition coefficient (Wildman–Crippen LogP) is 5.99. The molecule has 1 aliphatic heterocycles. The largest absolute Gasteiger partial charge is 0.493 e. The molecule has 1 N–H and O–H groups in total. The number of rotatable bonds is 11. The molecule has 5 rings (SSSR count). The number of ether oxygens (including phenoxy) is 3. The van der Waals surface area contributed by atoms with E-state index < -0.39 is 0 Å². The Morgan fingerprint density at radius 1 is 0.804 bits per heavy atom. The van der Waals surface area contributed by atoms with Crippen LogP contribution in [-0.2, 0) is 24.3 Å². The van der Waals surface area contributed by atoms with Gasteiger partial charge in [0.2, 0.25) is 11.7 Å². The Hall–Kier alpha value is -4.60. The van der Waals surface area contributed by atoms with Crippen molar-refractivity contribution in [3.05, 3.63) is 112 Å². The molecule has 10 heteroatoms. The third-order valence-corrected chi connectivity index (χ3v) is 8.31. The first-order chi connectivity index (χ1) is 22.3. The van der Waals surface area contributed by atoms with E-state index in [1.807, 2.05) is 41.3 Å². The van der Waals surface area contributed by atoms with E-state index in [0.717, 1.165) is 22.3 Å². The molecular formula is C36H37ClFN3O5. The minimum atomic E-state index is -0.348. The molecule has 0 unspecified atom stereocenters. The molecular weight excluding hydrogens is 609 g/mol. The van der Waals surface area contributed by atoms with Gasteiger partial charge in [-0.05, 0) is 64.7 Å². The van der Waals surface area contributed by atoms with Crippen LogP contribution in [-0.4, -0.2) is 69.1 Å². The number of nitrogens with zero attached hydrogens (tertiary/aromatic N) is 2. The van der Waals surface area contributed by atoms with E-state index in [2.05, 4.69) is 10.2 Å². The zero-order chi connectivity index (χ0) is 32.6. The maximum absolute atomic E-state index is 14.7. The summed E-state index contributed by atoms with van der Waals surface area (Å²) < 4.78 is 30.8. The van der Waals surface area contributed by atoms with Crippen molar-refractivity contribution in [3.63, 3.8) is 0 Å². The molecule has 2 amide bonds. The third-order valence-electron chi connectivity index (χ3n) is 8.07. The molecule has 46 heavy (non-hydrogen) atoms. The summed E-state index contributed by atoms with van der Waals surface area (Å²) in [6, 6.07) is 23.4. The molecule has 0 aliphatic carbocycles. The van der Waals surface area contributed by atoms with Gasteiger partial charge >= 0.3 is 0 Å². The number of hydrogen-bond donors (Lipinski definition) is 1. The van der Waals surface area contributed by atoms with Crippen LogP contribution >= 0.6 is 11.6 Å². The van der Waals surface area contributed by atoms with E-state index in [1.54, 1.807) is 36.4 Å². The van der Waals surface area contributed by atoms with Crippen molar-refractivity contribution in [3.8, 4) is 28.4 Å². The fourth-order valence-corrected chi connectivity index (χ4v) is 5.77. The number of methoxy groups -OCH3 is 3. The summed E-state index contributed by atoms with van der Waals surface area (Å²) in [5.74, 6) is 0.915.